The van der Waals surface area contributed by atoms with Crippen molar-refractivity contribution in [2.24, 2.45) is 5.41 Å². The Morgan fingerprint density at radius 3 is 1.87 bits per heavy atom. The van der Waals surface area contributed by atoms with Gasteiger partial charge < -0.3 is 9.80 Å². The maximum absolute atomic E-state index is 3.66. The highest BCUT2D eigenvalue weighted by Crippen LogP contribution is 2.29. The maximum atomic E-state index is 3.66. The van der Waals surface area contributed by atoms with Crippen LogP contribution in [-0.2, 0) is 0 Å². The molecule has 0 saturated carbocycles. The average molecular weight is 279 g/mol. The predicted molar refractivity (Wildman–Crippen MR) is 72.9 cm³/mol. The van der Waals surface area contributed by atoms with Crippen molar-refractivity contribution in [2.75, 3.05) is 46.1 Å². The Kier molecular flexibility index (Phi) is 7.84. The van der Waals surface area contributed by atoms with E-state index in [2.05, 4.69) is 60.7 Å². The number of likely N-dealkylation sites (N-methyl/N-ethyl adjacent to an activating group) is 2. The molecule has 15 heavy (non-hydrogen) atoms. The molecule has 0 aromatic heterocycles. The van der Waals surface area contributed by atoms with Crippen LogP contribution in [0.1, 0.15) is 26.7 Å². The second-order valence-electron chi connectivity index (χ2n) is 4.88. The van der Waals surface area contributed by atoms with Crippen molar-refractivity contribution in [3.05, 3.63) is 0 Å². The van der Waals surface area contributed by atoms with Crippen LogP contribution in [0.3, 0.4) is 0 Å². The van der Waals surface area contributed by atoms with Crippen LogP contribution in [-0.4, -0.2) is 55.9 Å². The van der Waals surface area contributed by atoms with Gasteiger partial charge in [0.15, 0.2) is 0 Å². The van der Waals surface area contributed by atoms with Crippen LogP contribution in [0.2, 0.25) is 0 Å². The SMILES string of the molecule is CCC(CC)(CBr)CN(C)CCN(C)C. The van der Waals surface area contributed by atoms with Gasteiger partial charge >= 0.3 is 0 Å². The Morgan fingerprint density at radius 2 is 1.53 bits per heavy atom. The van der Waals surface area contributed by atoms with Crippen LogP contribution in [0.15, 0.2) is 0 Å². The molecule has 0 saturated heterocycles. The highest BCUT2D eigenvalue weighted by Gasteiger charge is 2.26. The Balaban J connectivity index is 4.05. The van der Waals surface area contributed by atoms with E-state index in [1.54, 1.807) is 0 Å². The molecule has 0 unspecified atom stereocenters. The molecule has 0 N–H and O–H groups in total. The van der Waals surface area contributed by atoms with Gasteiger partial charge in [-0.2, -0.15) is 0 Å². The lowest BCUT2D eigenvalue weighted by molar-refractivity contribution is 0.174. The number of hydrogen-bond acceptors (Lipinski definition) is 2. The molecule has 92 valence electrons. The van der Waals surface area contributed by atoms with E-state index in [-0.39, 0.29) is 0 Å². The number of rotatable bonds is 8. The predicted octanol–water partition coefficient (Wildman–Crippen LogP) is 2.68. The molecule has 0 aliphatic rings. The lowest BCUT2D eigenvalue weighted by Crippen LogP contribution is -2.39. The quantitative estimate of drug-likeness (QED) is 0.630. The third kappa shape index (κ3) is 5.88. The molecule has 0 aromatic rings. The number of halogens is 1. The summed E-state index contributed by atoms with van der Waals surface area (Å²) in [6.45, 7) is 8.08. The molecule has 0 aromatic carbocycles. The summed E-state index contributed by atoms with van der Waals surface area (Å²) in [5.41, 5.74) is 0.459. The fourth-order valence-electron chi connectivity index (χ4n) is 1.73. The van der Waals surface area contributed by atoms with Gasteiger partial charge in [-0.15, -0.1) is 0 Å². The van der Waals surface area contributed by atoms with Crippen LogP contribution in [0.5, 0.6) is 0 Å². The molecule has 0 amide bonds. The van der Waals surface area contributed by atoms with E-state index in [1.807, 2.05) is 0 Å². The molecular weight excluding hydrogens is 252 g/mol. The minimum absolute atomic E-state index is 0.459. The third-order valence-corrected chi connectivity index (χ3v) is 4.51. The second kappa shape index (κ2) is 7.64. The summed E-state index contributed by atoms with van der Waals surface area (Å²) < 4.78 is 0. The first-order valence-electron chi connectivity index (χ1n) is 5.89. The van der Waals surface area contributed by atoms with E-state index in [4.69, 9.17) is 0 Å². The number of nitrogens with zero attached hydrogens (tertiary/aromatic N) is 2. The molecule has 0 bridgehead atoms. The number of hydrogen-bond donors (Lipinski definition) is 0. The van der Waals surface area contributed by atoms with Gasteiger partial charge in [0, 0.05) is 25.0 Å². The number of alkyl halides is 1. The van der Waals surface area contributed by atoms with Crippen LogP contribution in [0.4, 0.5) is 0 Å². The maximum Gasteiger partial charge on any atom is 0.0106 e. The summed E-state index contributed by atoms with van der Waals surface area (Å²) >= 11 is 3.66. The Hall–Kier alpha value is 0.400. The first kappa shape index (κ1) is 15.4. The fraction of sp³-hybridized carbons (Fsp3) is 1.00. The minimum Gasteiger partial charge on any atom is -0.308 e. The molecule has 0 heterocycles. The Morgan fingerprint density at radius 1 is 1.00 bits per heavy atom. The van der Waals surface area contributed by atoms with E-state index in [0.717, 1.165) is 18.4 Å². The van der Waals surface area contributed by atoms with E-state index in [9.17, 15) is 0 Å². The van der Waals surface area contributed by atoms with Crippen LogP contribution < -0.4 is 0 Å². The van der Waals surface area contributed by atoms with Crippen LogP contribution in [0, 0.1) is 5.41 Å². The zero-order chi connectivity index (χ0) is 11.9. The average Bonchev–Trinajstić information content (AvgIpc) is 2.23. The smallest absolute Gasteiger partial charge is 0.0106 e. The fourth-order valence-corrected chi connectivity index (χ4v) is 2.70. The van der Waals surface area contributed by atoms with Gasteiger partial charge in [0.2, 0.25) is 0 Å². The molecule has 0 rings (SSSR count). The summed E-state index contributed by atoms with van der Waals surface area (Å²) in [5.74, 6) is 0. The molecule has 3 heteroatoms. The molecule has 0 aliphatic heterocycles. The first-order chi connectivity index (χ1) is 6.99. The van der Waals surface area contributed by atoms with Gasteiger partial charge in [0.05, 0.1) is 0 Å². The standard InChI is InChI=1S/C12H27BrN2/c1-6-12(7-2,10-13)11-15(5)9-8-14(3)4/h6-11H2,1-5H3. The molecule has 0 atom stereocenters. The van der Waals surface area contributed by atoms with Gasteiger partial charge in [-0.05, 0) is 39.4 Å². The summed E-state index contributed by atoms with van der Waals surface area (Å²) in [6.07, 6.45) is 2.50. The van der Waals surface area contributed by atoms with Crippen molar-refractivity contribution < 1.29 is 0 Å². The third-order valence-electron chi connectivity index (χ3n) is 3.32. The summed E-state index contributed by atoms with van der Waals surface area (Å²) in [7, 11) is 6.49. The monoisotopic (exact) mass is 278 g/mol. The molecule has 0 fully saturated rings. The first-order valence-corrected chi connectivity index (χ1v) is 7.01. The van der Waals surface area contributed by atoms with Crippen molar-refractivity contribution in [3.8, 4) is 0 Å². The topological polar surface area (TPSA) is 6.48 Å². The van der Waals surface area contributed by atoms with Gasteiger partial charge in [0.1, 0.15) is 0 Å². The van der Waals surface area contributed by atoms with E-state index in [1.165, 1.54) is 19.4 Å². The van der Waals surface area contributed by atoms with Gasteiger partial charge in [-0.1, -0.05) is 29.8 Å². The van der Waals surface area contributed by atoms with Crippen molar-refractivity contribution in [1.82, 2.24) is 9.80 Å². The van der Waals surface area contributed by atoms with Crippen molar-refractivity contribution in [1.29, 1.82) is 0 Å². The minimum atomic E-state index is 0.459. The van der Waals surface area contributed by atoms with Crippen molar-refractivity contribution in [3.63, 3.8) is 0 Å². The highest BCUT2D eigenvalue weighted by molar-refractivity contribution is 9.09. The molecular formula is C12H27BrN2. The lowest BCUT2D eigenvalue weighted by atomic mass is 9.84. The summed E-state index contributed by atoms with van der Waals surface area (Å²) in [6, 6.07) is 0. The molecule has 0 aliphatic carbocycles. The largest absolute Gasteiger partial charge is 0.308 e. The second-order valence-corrected chi connectivity index (χ2v) is 5.44. The van der Waals surface area contributed by atoms with Crippen LogP contribution in [0.25, 0.3) is 0 Å². The van der Waals surface area contributed by atoms with Gasteiger partial charge in [0.25, 0.3) is 0 Å². The Bertz CT molecular complexity index is 147. The molecule has 0 spiro atoms. The zero-order valence-corrected chi connectivity index (χ0v) is 12.6. The highest BCUT2D eigenvalue weighted by atomic mass is 79.9. The lowest BCUT2D eigenvalue weighted by Gasteiger charge is -2.34. The van der Waals surface area contributed by atoms with E-state index in [0.29, 0.717) is 5.41 Å². The van der Waals surface area contributed by atoms with Gasteiger partial charge in [-0.25, -0.2) is 0 Å². The zero-order valence-electron chi connectivity index (χ0n) is 11.0. The van der Waals surface area contributed by atoms with Crippen LogP contribution >= 0.6 is 15.9 Å². The normalized spacial score (nSPS) is 12.8. The summed E-state index contributed by atoms with van der Waals surface area (Å²) in [4.78, 5) is 4.69. The van der Waals surface area contributed by atoms with E-state index >= 15 is 0 Å². The van der Waals surface area contributed by atoms with E-state index < -0.39 is 0 Å². The van der Waals surface area contributed by atoms with Crippen molar-refractivity contribution in [2.45, 2.75) is 26.7 Å². The van der Waals surface area contributed by atoms with Crippen molar-refractivity contribution >= 4 is 15.9 Å². The van der Waals surface area contributed by atoms with Gasteiger partial charge in [-0.3, -0.25) is 0 Å². The summed E-state index contributed by atoms with van der Waals surface area (Å²) in [5, 5.41) is 1.11. The molecule has 0 radical (unpaired) electrons. The Labute approximate surface area is 104 Å². The molecule has 2 nitrogen and oxygen atoms in total.